The quantitative estimate of drug-likeness (QED) is 0.805. The van der Waals surface area contributed by atoms with E-state index in [-0.39, 0.29) is 19.1 Å². The summed E-state index contributed by atoms with van der Waals surface area (Å²) < 4.78 is 41.5. The van der Waals surface area contributed by atoms with E-state index in [0.29, 0.717) is 12.2 Å². The summed E-state index contributed by atoms with van der Waals surface area (Å²) in [7, 11) is 0. The molecule has 1 unspecified atom stereocenters. The van der Waals surface area contributed by atoms with Gasteiger partial charge in [-0.1, -0.05) is 17.7 Å². The van der Waals surface area contributed by atoms with Crippen molar-refractivity contribution < 1.29 is 17.9 Å². The Morgan fingerprint density at radius 3 is 2.58 bits per heavy atom. The van der Waals surface area contributed by atoms with E-state index in [2.05, 4.69) is 0 Å². The molecular weight excluding hydrogens is 255 g/mol. The predicted octanol–water partition coefficient (Wildman–Crippen LogP) is 3.61. The lowest BCUT2D eigenvalue weighted by atomic mass is 10.0. The lowest BCUT2D eigenvalue weighted by Gasteiger charge is -2.14. The molecule has 0 fully saturated rings. The van der Waals surface area contributed by atoms with E-state index in [1.165, 1.54) is 0 Å². The van der Waals surface area contributed by atoms with Crippen LogP contribution in [0.15, 0.2) is 18.2 Å². The molecule has 0 amide bonds. The summed E-state index contributed by atoms with van der Waals surface area (Å²) in [4.78, 5) is 0. The Kier molecular flexibility index (Phi) is 5.66. The second-order valence-corrected chi connectivity index (χ2v) is 4.86. The lowest BCUT2D eigenvalue weighted by molar-refractivity contribution is -0.136. The van der Waals surface area contributed by atoms with Gasteiger partial charge in [-0.3, -0.25) is 0 Å². The van der Waals surface area contributed by atoms with Crippen LogP contribution in [0.1, 0.15) is 30.9 Å². The Morgan fingerprint density at radius 2 is 2.00 bits per heavy atom. The van der Waals surface area contributed by atoms with Crippen molar-refractivity contribution in [3.63, 3.8) is 0 Å². The van der Waals surface area contributed by atoms with Crippen molar-refractivity contribution in [3.05, 3.63) is 29.3 Å². The summed E-state index contributed by atoms with van der Waals surface area (Å²) in [6.07, 6.45) is -4.32. The molecule has 0 aliphatic rings. The number of hydrogen-bond acceptors (Lipinski definition) is 2. The molecule has 0 spiro atoms. The molecule has 1 aromatic carbocycles. The molecule has 0 saturated carbocycles. The van der Waals surface area contributed by atoms with Crippen LogP contribution < -0.4 is 10.5 Å². The summed E-state index contributed by atoms with van der Waals surface area (Å²) in [5, 5.41) is 0. The van der Waals surface area contributed by atoms with Crippen LogP contribution in [-0.4, -0.2) is 18.8 Å². The highest BCUT2D eigenvalue weighted by Crippen LogP contribution is 2.24. The SMILES string of the molecule is Cc1ccc(OCCCC(F)(F)F)c(CC(C)N)c1. The van der Waals surface area contributed by atoms with Crippen molar-refractivity contribution in [2.75, 3.05) is 6.61 Å². The number of hydrogen-bond donors (Lipinski definition) is 1. The third kappa shape index (κ3) is 6.47. The Balaban J connectivity index is 2.57. The topological polar surface area (TPSA) is 35.2 Å². The van der Waals surface area contributed by atoms with E-state index in [9.17, 15) is 13.2 Å². The van der Waals surface area contributed by atoms with Gasteiger partial charge in [-0.15, -0.1) is 0 Å². The first-order valence-electron chi connectivity index (χ1n) is 6.32. The van der Waals surface area contributed by atoms with Crippen LogP contribution in [0.4, 0.5) is 13.2 Å². The number of ether oxygens (including phenoxy) is 1. The number of benzene rings is 1. The van der Waals surface area contributed by atoms with Gasteiger partial charge in [0, 0.05) is 12.5 Å². The van der Waals surface area contributed by atoms with Gasteiger partial charge in [-0.25, -0.2) is 0 Å². The van der Waals surface area contributed by atoms with E-state index >= 15 is 0 Å². The minimum atomic E-state index is -4.12. The Hall–Kier alpha value is -1.23. The molecule has 108 valence electrons. The summed E-state index contributed by atoms with van der Waals surface area (Å²) in [6.45, 7) is 3.91. The maximum atomic E-state index is 12.0. The molecule has 19 heavy (non-hydrogen) atoms. The molecule has 2 N–H and O–H groups in total. The number of halogens is 3. The minimum absolute atomic E-state index is 0.0145. The van der Waals surface area contributed by atoms with Crippen molar-refractivity contribution >= 4 is 0 Å². The molecule has 0 aliphatic heterocycles. The molecule has 0 bridgehead atoms. The standard InChI is InChI=1S/C14H20F3NO/c1-10-4-5-13(12(8-10)9-11(2)18)19-7-3-6-14(15,16)17/h4-5,8,11H,3,6-7,9,18H2,1-2H3. The first-order valence-corrected chi connectivity index (χ1v) is 6.32. The van der Waals surface area contributed by atoms with Gasteiger partial charge >= 0.3 is 6.18 Å². The van der Waals surface area contributed by atoms with Gasteiger partial charge < -0.3 is 10.5 Å². The third-order valence-corrected chi connectivity index (χ3v) is 2.62. The van der Waals surface area contributed by atoms with Crippen LogP contribution >= 0.6 is 0 Å². The van der Waals surface area contributed by atoms with Crippen LogP contribution in [0.25, 0.3) is 0 Å². The number of rotatable bonds is 6. The summed E-state index contributed by atoms with van der Waals surface area (Å²) in [5.41, 5.74) is 7.78. The van der Waals surface area contributed by atoms with Crippen molar-refractivity contribution in [1.29, 1.82) is 0 Å². The van der Waals surface area contributed by atoms with E-state index in [0.717, 1.165) is 11.1 Å². The fourth-order valence-electron chi connectivity index (χ4n) is 1.81. The van der Waals surface area contributed by atoms with Crippen LogP contribution in [0.5, 0.6) is 5.75 Å². The highest BCUT2D eigenvalue weighted by atomic mass is 19.4. The molecule has 1 aromatic rings. The van der Waals surface area contributed by atoms with Crippen molar-refractivity contribution in [1.82, 2.24) is 0 Å². The van der Waals surface area contributed by atoms with Gasteiger partial charge in [0.25, 0.3) is 0 Å². The number of alkyl halides is 3. The molecular formula is C14H20F3NO. The second kappa shape index (κ2) is 6.80. The Labute approximate surface area is 111 Å². The van der Waals surface area contributed by atoms with E-state index in [4.69, 9.17) is 10.5 Å². The Morgan fingerprint density at radius 1 is 1.32 bits per heavy atom. The average molecular weight is 275 g/mol. The van der Waals surface area contributed by atoms with Crippen LogP contribution in [0, 0.1) is 6.92 Å². The largest absolute Gasteiger partial charge is 0.493 e. The van der Waals surface area contributed by atoms with Crippen molar-refractivity contribution in [2.24, 2.45) is 5.73 Å². The molecule has 0 aliphatic carbocycles. The zero-order valence-corrected chi connectivity index (χ0v) is 11.3. The predicted molar refractivity (Wildman–Crippen MR) is 69.3 cm³/mol. The summed E-state index contributed by atoms with van der Waals surface area (Å²) in [6, 6.07) is 5.62. The molecule has 1 rings (SSSR count). The maximum Gasteiger partial charge on any atom is 0.389 e. The third-order valence-electron chi connectivity index (χ3n) is 2.62. The van der Waals surface area contributed by atoms with Crippen LogP contribution in [0.3, 0.4) is 0 Å². The lowest BCUT2D eigenvalue weighted by Crippen LogP contribution is -2.18. The minimum Gasteiger partial charge on any atom is -0.493 e. The molecule has 0 aromatic heterocycles. The zero-order valence-electron chi connectivity index (χ0n) is 11.3. The average Bonchev–Trinajstić information content (AvgIpc) is 2.24. The fourth-order valence-corrected chi connectivity index (χ4v) is 1.81. The van der Waals surface area contributed by atoms with Gasteiger partial charge in [0.15, 0.2) is 0 Å². The molecule has 0 radical (unpaired) electrons. The first-order chi connectivity index (χ1) is 8.78. The molecule has 2 nitrogen and oxygen atoms in total. The first kappa shape index (κ1) is 15.8. The van der Waals surface area contributed by atoms with E-state index < -0.39 is 12.6 Å². The molecule has 0 saturated heterocycles. The highest BCUT2D eigenvalue weighted by Gasteiger charge is 2.26. The monoisotopic (exact) mass is 275 g/mol. The summed E-state index contributed by atoms with van der Waals surface area (Å²) in [5.74, 6) is 0.630. The maximum absolute atomic E-state index is 12.0. The highest BCUT2D eigenvalue weighted by molar-refractivity contribution is 5.37. The second-order valence-electron chi connectivity index (χ2n) is 4.86. The normalized spacial score (nSPS) is 13.4. The Bertz CT molecular complexity index is 402. The molecule has 1 atom stereocenters. The summed E-state index contributed by atoms with van der Waals surface area (Å²) >= 11 is 0. The van der Waals surface area contributed by atoms with Gasteiger partial charge in [0.05, 0.1) is 6.61 Å². The number of aryl methyl sites for hydroxylation is 1. The van der Waals surface area contributed by atoms with Gasteiger partial charge in [-0.05, 0) is 38.3 Å². The van der Waals surface area contributed by atoms with Crippen molar-refractivity contribution in [2.45, 2.75) is 45.3 Å². The zero-order chi connectivity index (χ0) is 14.5. The molecule has 0 heterocycles. The van der Waals surface area contributed by atoms with Gasteiger partial charge in [0.1, 0.15) is 5.75 Å². The van der Waals surface area contributed by atoms with Crippen molar-refractivity contribution in [3.8, 4) is 5.75 Å². The van der Waals surface area contributed by atoms with Gasteiger partial charge in [-0.2, -0.15) is 13.2 Å². The van der Waals surface area contributed by atoms with Crippen LogP contribution in [0.2, 0.25) is 0 Å². The van der Waals surface area contributed by atoms with E-state index in [1.807, 2.05) is 26.0 Å². The van der Waals surface area contributed by atoms with Crippen LogP contribution in [-0.2, 0) is 6.42 Å². The number of nitrogens with two attached hydrogens (primary N) is 1. The van der Waals surface area contributed by atoms with Gasteiger partial charge in [0.2, 0.25) is 0 Å². The molecule has 5 heteroatoms. The van der Waals surface area contributed by atoms with E-state index in [1.54, 1.807) is 6.07 Å². The fraction of sp³-hybridized carbons (Fsp3) is 0.571. The smallest absolute Gasteiger partial charge is 0.389 e.